The van der Waals surface area contributed by atoms with Crippen molar-refractivity contribution in [3.8, 4) is 5.75 Å². The molecule has 0 unspecified atom stereocenters. The van der Waals surface area contributed by atoms with Gasteiger partial charge in [0.1, 0.15) is 11.6 Å². The van der Waals surface area contributed by atoms with Gasteiger partial charge in [0.05, 0.1) is 31.3 Å². The van der Waals surface area contributed by atoms with Gasteiger partial charge in [-0.3, -0.25) is 0 Å². The molecule has 1 saturated heterocycles. The summed E-state index contributed by atoms with van der Waals surface area (Å²) in [7, 11) is 1.69. The molecule has 9 nitrogen and oxygen atoms in total. The number of hydrogen-bond donors (Lipinski definition) is 0. The van der Waals surface area contributed by atoms with Gasteiger partial charge in [-0.1, -0.05) is 86.6 Å². The van der Waals surface area contributed by atoms with Gasteiger partial charge in [0.15, 0.2) is 22.8 Å². The van der Waals surface area contributed by atoms with Crippen molar-refractivity contribution >= 4 is 40.0 Å². The van der Waals surface area contributed by atoms with Crippen molar-refractivity contribution in [2.45, 2.75) is 46.1 Å². The van der Waals surface area contributed by atoms with Gasteiger partial charge in [-0.05, 0) is 54.9 Å². The monoisotopic (exact) mass is 662 g/mol. The van der Waals surface area contributed by atoms with Crippen molar-refractivity contribution in [3.63, 3.8) is 0 Å². The predicted octanol–water partition coefficient (Wildman–Crippen LogP) is 8.16. The van der Waals surface area contributed by atoms with E-state index in [0.717, 1.165) is 113 Å². The van der Waals surface area contributed by atoms with Gasteiger partial charge in [-0.15, -0.1) is 0 Å². The van der Waals surface area contributed by atoms with Crippen LogP contribution in [0.1, 0.15) is 55.4 Å². The van der Waals surface area contributed by atoms with Crippen molar-refractivity contribution in [2.75, 3.05) is 36.5 Å². The molecule has 5 heterocycles. The summed E-state index contributed by atoms with van der Waals surface area (Å²) in [6.45, 7) is 8.01. The standard InChI is InChI=1S/C41H42N8O/c1-41(2)21-25-47(26-22-41)35-27-43-37-39(44-35)49(28-29-16-18-32(50-3)19-17-29)46-40(37)48-24-10-15-33-34(48)20-23-42-38(33)45-36(30-11-6-4-7-12-30)31-13-8-5-9-14-31/h4-9,11-14,16-20,23,27H,10,15,21-22,24-26,28H2,1-3H3. The molecule has 0 saturated carbocycles. The number of aliphatic imine (C=N–C) groups is 1. The Morgan fingerprint density at radius 3 is 2.22 bits per heavy atom. The molecular weight excluding hydrogens is 621 g/mol. The number of methoxy groups -OCH3 is 1. The number of ether oxygens (including phenoxy) is 1. The Bertz CT molecular complexity index is 2090. The minimum atomic E-state index is 0.347. The van der Waals surface area contributed by atoms with Gasteiger partial charge >= 0.3 is 0 Å². The Balaban J connectivity index is 1.21. The highest BCUT2D eigenvalue weighted by molar-refractivity contribution is 6.14. The minimum Gasteiger partial charge on any atom is -0.497 e. The molecule has 0 amide bonds. The largest absolute Gasteiger partial charge is 0.497 e. The number of nitrogens with zero attached hydrogens (tertiary/aromatic N) is 8. The lowest BCUT2D eigenvalue weighted by atomic mass is 9.83. The minimum absolute atomic E-state index is 0.347. The average Bonchev–Trinajstić information content (AvgIpc) is 3.51. The SMILES string of the molecule is COc1ccc(Cn2nc(N3CCCc4c3ccnc4N=C(c3ccccc3)c3ccccc3)c3ncc(N4CCC(C)(C)CC4)nc32)cc1. The third-order valence-electron chi connectivity index (χ3n) is 10.0. The predicted molar refractivity (Wildman–Crippen MR) is 200 cm³/mol. The van der Waals surface area contributed by atoms with Crippen LogP contribution in [0.15, 0.2) is 108 Å². The van der Waals surface area contributed by atoms with Crippen LogP contribution >= 0.6 is 0 Å². The fraction of sp³-hybridized carbons (Fsp3) is 0.293. The summed E-state index contributed by atoms with van der Waals surface area (Å²) >= 11 is 0. The molecule has 0 N–H and O–H groups in total. The molecule has 252 valence electrons. The Morgan fingerprint density at radius 2 is 1.54 bits per heavy atom. The van der Waals surface area contributed by atoms with Crippen LogP contribution < -0.4 is 14.5 Å². The van der Waals surface area contributed by atoms with Gasteiger partial charge in [-0.2, -0.15) is 5.10 Å². The van der Waals surface area contributed by atoms with Crippen LogP contribution in [0.25, 0.3) is 11.2 Å². The van der Waals surface area contributed by atoms with E-state index in [1.54, 1.807) is 7.11 Å². The Labute approximate surface area is 293 Å². The summed E-state index contributed by atoms with van der Waals surface area (Å²) in [5.41, 5.74) is 8.22. The average molecular weight is 663 g/mol. The van der Waals surface area contributed by atoms with E-state index in [1.165, 1.54) is 0 Å². The normalized spacial score (nSPS) is 15.5. The number of aromatic nitrogens is 5. The lowest BCUT2D eigenvalue weighted by molar-refractivity contribution is 0.279. The molecule has 9 heteroatoms. The third kappa shape index (κ3) is 6.31. The molecule has 0 bridgehead atoms. The molecule has 6 aromatic rings. The summed E-state index contributed by atoms with van der Waals surface area (Å²) in [5.74, 6) is 3.28. The van der Waals surface area contributed by atoms with E-state index in [1.807, 2.05) is 41.3 Å². The third-order valence-corrected chi connectivity index (χ3v) is 10.0. The maximum Gasteiger partial charge on any atom is 0.183 e. The maximum absolute atomic E-state index is 5.42. The zero-order valence-corrected chi connectivity index (χ0v) is 29.0. The maximum atomic E-state index is 5.42. The van der Waals surface area contributed by atoms with E-state index in [2.05, 4.69) is 90.4 Å². The second-order valence-corrected chi connectivity index (χ2v) is 14.0. The first-order valence-corrected chi connectivity index (χ1v) is 17.5. The number of pyridine rings is 1. The second-order valence-electron chi connectivity index (χ2n) is 14.0. The smallest absolute Gasteiger partial charge is 0.183 e. The first kappa shape index (κ1) is 31.7. The van der Waals surface area contributed by atoms with E-state index >= 15 is 0 Å². The van der Waals surface area contributed by atoms with Gasteiger partial charge in [-0.25, -0.2) is 24.6 Å². The summed E-state index contributed by atoms with van der Waals surface area (Å²) in [4.78, 5) is 25.1. The Hall–Kier alpha value is -5.57. The molecule has 3 aromatic carbocycles. The highest BCUT2D eigenvalue weighted by atomic mass is 16.5. The molecule has 2 aliphatic rings. The van der Waals surface area contributed by atoms with Crippen LogP contribution in [0, 0.1) is 5.41 Å². The van der Waals surface area contributed by atoms with Gasteiger partial charge in [0.25, 0.3) is 0 Å². The number of anilines is 3. The quantitative estimate of drug-likeness (QED) is 0.152. The van der Waals surface area contributed by atoms with Crippen LogP contribution in [-0.2, 0) is 13.0 Å². The summed E-state index contributed by atoms with van der Waals surface area (Å²) in [6, 6.07) is 30.9. The molecular formula is C41H42N8O. The summed E-state index contributed by atoms with van der Waals surface area (Å²) in [5, 5.41) is 5.26. The fourth-order valence-electron chi connectivity index (χ4n) is 7.02. The highest BCUT2D eigenvalue weighted by Gasteiger charge is 2.29. The number of hydrogen-bond acceptors (Lipinski definition) is 8. The molecule has 1 fully saturated rings. The lowest BCUT2D eigenvalue weighted by Gasteiger charge is -2.37. The van der Waals surface area contributed by atoms with Crippen molar-refractivity contribution in [3.05, 3.63) is 126 Å². The molecule has 50 heavy (non-hydrogen) atoms. The second kappa shape index (κ2) is 13.4. The number of fused-ring (bicyclic) bond motifs is 2. The van der Waals surface area contributed by atoms with Crippen molar-refractivity contribution in [1.82, 2.24) is 24.7 Å². The first-order valence-electron chi connectivity index (χ1n) is 17.5. The first-order chi connectivity index (χ1) is 24.5. The zero-order chi connectivity index (χ0) is 34.1. The van der Waals surface area contributed by atoms with Crippen molar-refractivity contribution in [1.29, 1.82) is 0 Å². The van der Waals surface area contributed by atoms with Crippen LogP contribution in [-0.4, -0.2) is 57.2 Å². The molecule has 0 spiro atoms. The lowest BCUT2D eigenvalue weighted by Crippen LogP contribution is -2.37. The van der Waals surface area contributed by atoms with Crippen molar-refractivity contribution < 1.29 is 4.74 Å². The van der Waals surface area contributed by atoms with E-state index < -0.39 is 0 Å². The summed E-state index contributed by atoms with van der Waals surface area (Å²) < 4.78 is 7.42. The zero-order valence-electron chi connectivity index (χ0n) is 29.0. The molecule has 0 atom stereocenters. The van der Waals surface area contributed by atoms with E-state index in [0.29, 0.717) is 12.0 Å². The highest BCUT2D eigenvalue weighted by Crippen LogP contribution is 2.40. The molecule has 8 rings (SSSR count). The van der Waals surface area contributed by atoms with Crippen LogP contribution in [0.2, 0.25) is 0 Å². The van der Waals surface area contributed by atoms with E-state index in [9.17, 15) is 0 Å². The molecule has 0 radical (unpaired) electrons. The molecule has 2 aliphatic heterocycles. The Kier molecular flexibility index (Phi) is 8.48. The van der Waals surface area contributed by atoms with Gasteiger partial charge in [0, 0.05) is 42.5 Å². The molecule has 3 aromatic heterocycles. The fourth-order valence-corrected chi connectivity index (χ4v) is 7.02. The van der Waals surface area contributed by atoms with Crippen LogP contribution in [0.3, 0.4) is 0 Å². The van der Waals surface area contributed by atoms with Gasteiger partial charge < -0.3 is 14.5 Å². The summed E-state index contributed by atoms with van der Waals surface area (Å²) in [6.07, 6.45) is 7.87. The number of benzene rings is 3. The van der Waals surface area contributed by atoms with Crippen LogP contribution in [0.5, 0.6) is 5.75 Å². The van der Waals surface area contributed by atoms with E-state index in [-0.39, 0.29) is 0 Å². The molecule has 0 aliphatic carbocycles. The number of piperidine rings is 1. The topological polar surface area (TPSA) is 84.6 Å². The van der Waals surface area contributed by atoms with Crippen LogP contribution in [0.4, 0.5) is 23.1 Å². The number of rotatable bonds is 8. The van der Waals surface area contributed by atoms with E-state index in [4.69, 9.17) is 29.8 Å². The van der Waals surface area contributed by atoms with Crippen molar-refractivity contribution in [2.24, 2.45) is 10.4 Å². The van der Waals surface area contributed by atoms with Gasteiger partial charge in [0.2, 0.25) is 0 Å². The Morgan fingerprint density at radius 1 is 0.840 bits per heavy atom.